The standard InChI is InChI=1S/C21H20F3N7O/c1-27-19-17(18(26)28-11-29-19)16(25)9-12-5-7-14(8-6-12)30-20(32)31-15-4-2-3-13(10-15)21(22,23)24/h2-8,10-11,25H,9H2,1H3,(H2,30,31,32)(H3,26,27,28,29). The molecule has 166 valence electrons. The molecule has 2 aromatic carbocycles. The smallest absolute Gasteiger partial charge is 0.383 e. The molecule has 2 amide bonds. The van der Waals surface area contributed by atoms with Gasteiger partial charge in [0.15, 0.2) is 0 Å². The van der Waals surface area contributed by atoms with Gasteiger partial charge in [-0.3, -0.25) is 0 Å². The van der Waals surface area contributed by atoms with Gasteiger partial charge in [0, 0.05) is 24.8 Å². The van der Waals surface area contributed by atoms with Gasteiger partial charge in [0.25, 0.3) is 0 Å². The number of nitrogens with two attached hydrogens (primary N) is 1. The summed E-state index contributed by atoms with van der Waals surface area (Å²) in [5.41, 5.74) is 6.89. The largest absolute Gasteiger partial charge is 0.416 e. The fourth-order valence-corrected chi connectivity index (χ4v) is 2.95. The van der Waals surface area contributed by atoms with Crippen LogP contribution in [0.5, 0.6) is 0 Å². The van der Waals surface area contributed by atoms with Gasteiger partial charge in [0.05, 0.1) is 16.8 Å². The molecule has 3 aromatic rings. The number of rotatable bonds is 6. The third kappa shape index (κ3) is 5.50. The Kier molecular flexibility index (Phi) is 6.57. The maximum atomic E-state index is 12.8. The zero-order chi connectivity index (χ0) is 23.3. The van der Waals surface area contributed by atoms with Crippen LogP contribution in [0.1, 0.15) is 16.7 Å². The number of benzene rings is 2. The van der Waals surface area contributed by atoms with Gasteiger partial charge in [-0.05, 0) is 35.9 Å². The van der Waals surface area contributed by atoms with Crippen LogP contribution >= 0.6 is 0 Å². The number of halogens is 3. The molecule has 0 fully saturated rings. The summed E-state index contributed by atoms with van der Waals surface area (Å²) in [7, 11) is 1.67. The van der Waals surface area contributed by atoms with Crippen molar-refractivity contribution in [2.24, 2.45) is 0 Å². The number of carbonyl (C=O) groups excluding carboxylic acids is 1. The van der Waals surface area contributed by atoms with Gasteiger partial charge in [-0.2, -0.15) is 13.2 Å². The van der Waals surface area contributed by atoms with Crippen molar-refractivity contribution < 1.29 is 18.0 Å². The molecule has 0 saturated heterocycles. The molecule has 0 aliphatic rings. The second-order valence-electron chi connectivity index (χ2n) is 6.74. The molecule has 0 saturated carbocycles. The molecule has 0 unspecified atom stereocenters. The number of nitrogen functional groups attached to an aromatic ring is 1. The second-order valence-corrected chi connectivity index (χ2v) is 6.74. The van der Waals surface area contributed by atoms with Crippen molar-refractivity contribution >= 4 is 34.8 Å². The molecule has 8 nitrogen and oxygen atoms in total. The molecule has 3 rings (SSSR count). The fourth-order valence-electron chi connectivity index (χ4n) is 2.95. The SMILES string of the molecule is CNc1ncnc(N)c1C(=N)Cc1ccc(NC(=O)Nc2cccc(C(F)(F)F)c2)cc1. The third-order valence-electron chi connectivity index (χ3n) is 4.46. The number of alkyl halides is 3. The van der Waals surface area contributed by atoms with Gasteiger partial charge in [-0.1, -0.05) is 18.2 Å². The molecule has 0 atom stereocenters. The van der Waals surface area contributed by atoms with Gasteiger partial charge in [-0.15, -0.1) is 0 Å². The first-order valence-corrected chi connectivity index (χ1v) is 9.37. The summed E-state index contributed by atoms with van der Waals surface area (Å²) in [4.78, 5) is 20.1. The maximum Gasteiger partial charge on any atom is 0.416 e. The van der Waals surface area contributed by atoms with Crippen LogP contribution in [0.2, 0.25) is 0 Å². The summed E-state index contributed by atoms with van der Waals surface area (Å²) in [5, 5.41) is 16.1. The van der Waals surface area contributed by atoms with Crippen LogP contribution in [-0.2, 0) is 12.6 Å². The Balaban J connectivity index is 1.63. The molecule has 0 radical (unpaired) electrons. The van der Waals surface area contributed by atoms with E-state index < -0.39 is 17.8 Å². The summed E-state index contributed by atoms with van der Waals surface area (Å²) in [6, 6.07) is 10.4. The van der Waals surface area contributed by atoms with Gasteiger partial charge < -0.3 is 27.1 Å². The Morgan fingerprint density at radius 3 is 2.41 bits per heavy atom. The quantitative estimate of drug-likeness (QED) is 0.361. The lowest BCUT2D eigenvalue weighted by Gasteiger charge is -2.12. The number of amides is 2. The number of hydrogen-bond donors (Lipinski definition) is 5. The van der Waals surface area contributed by atoms with Gasteiger partial charge in [0.1, 0.15) is 18.0 Å². The summed E-state index contributed by atoms with van der Waals surface area (Å²) in [5.74, 6) is 0.644. The predicted octanol–water partition coefficient (Wildman–Crippen LogP) is 4.37. The minimum Gasteiger partial charge on any atom is -0.383 e. The van der Waals surface area contributed by atoms with Crippen LogP contribution in [0.4, 0.5) is 41.0 Å². The van der Waals surface area contributed by atoms with E-state index in [0.717, 1.165) is 17.7 Å². The molecular formula is C21H20F3N7O. The maximum absolute atomic E-state index is 12.8. The van der Waals surface area contributed by atoms with Crippen molar-refractivity contribution in [3.63, 3.8) is 0 Å². The monoisotopic (exact) mass is 443 g/mol. The number of nitrogens with one attached hydrogen (secondary N) is 4. The van der Waals surface area contributed by atoms with E-state index in [9.17, 15) is 18.0 Å². The number of anilines is 4. The van der Waals surface area contributed by atoms with Crippen LogP contribution in [0.15, 0.2) is 54.9 Å². The Hall–Kier alpha value is -4.15. The molecule has 32 heavy (non-hydrogen) atoms. The highest BCUT2D eigenvalue weighted by Crippen LogP contribution is 2.30. The van der Waals surface area contributed by atoms with E-state index in [0.29, 0.717) is 17.1 Å². The van der Waals surface area contributed by atoms with Crippen LogP contribution in [0.25, 0.3) is 0 Å². The van der Waals surface area contributed by atoms with E-state index in [4.69, 9.17) is 11.1 Å². The summed E-state index contributed by atoms with van der Waals surface area (Å²) in [6.07, 6.45) is -2.94. The van der Waals surface area contributed by atoms with E-state index in [1.807, 2.05) is 0 Å². The normalized spacial score (nSPS) is 11.0. The zero-order valence-electron chi connectivity index (χ0n) is 16.9. The lowest BCUT2D eigenvalue weighted by molar-refractivity contribution is -0.137. The number of carbonyl (C=O) groups is 1. The lowest BCUT2D eigenvalue weighted by Crippen LogP contribution is -2.19. The highest BCUT2D eigenvalue weighted by Gasteiger charge is 2.30. The second kappa shape index (κ2) is 9.33. The molecule has 6 N–H and O–H groups in total. The molecule has 0 aliphatic carbocycles. The molecule has 0 aliphatic heterocycles. The van der Waals surface area contributed by atoms with E-state index in [-0.39, 0.29) is 23.6 Å². The van der Waals surface area contributed by atoms with Crippen molar-refractivity contribution in [3.8, 4) is 0 Å². The summed E-state index contributed by atoms with van der Waals surface area (Å²) < 4.78 is 38.4. The van der Waals surface area contributed by atoms with E-state index in [1.165, 1.54) is 18.5 Å². The average molecular weight is 443 g/mol. The Morgan fingerprint density at radius 2 is 1.75 bits per heavy atom. The van der Waals surface area contributed by atoms with E-state index in [1.54, 1.807) is 31.3 Å². The number of nitrogens with zero attached hydrogens (tertiary/aromatic N) is 2. The van der Waals surface area contributed by atoms with Crippen LogP contribution < -0.4 is 21.7 Å². The molecule has 0 bridgehead atoms. The predicted molar refractivity (Wildman–Crippen MR) is 117 cm³/mol. The highest BCUT2D eigenvalue weighted by atomic mass is 19.4. The van der Waals surface area contributed by atoms with Gasteiger partial charge in [0.2, 0.25) is 0 Å². The molecule has 0 spiro atoms. The van der Waals surface area contributed by atoms with Crippen molar-refractivity contribution in [1.29, 1.82) is 5.41 Å². The van der Waals surface area contributed by atoms with Crippen molar-refractivity contribution in [2.75, 3.05) is 28.7 Å². The number of urea groups is 1. The summed E-state index contributed by atoms with van der Waals surface area (Å²) >= 11 is 0. The van der Waals surface area contributed by atoms with E-state index >= 15 is 0 Å². The minimum absolute atomic E-state index is 0.0189. The first-order valence-electron chi connectivity index (χ1n) is 9.37. The fraction of sp³-hybridized carbons (Fsp3) is 0.143. The van der Waals surface area contributed by atoms with Crippen LogP contribution in [-0.4, -0.2) is 28.8 Å². The van der Waals surface area contributed by atoms with E-state index in [2.05, 4.69) is 25.9 Å². The van der Waals surface area contributed by atoms with Crippen molar-refractivity contribution in [1.82, 2.24) is 9.97 Å². The van der Waals surface area contributed by atoms with Crippen LogP contribution in [0, 0.1) is 5.41 Å². The molecule has 11 heteroatoms. The molecular weight excluding hydrogens is 423 g/mol. The third-order valence-corrected chi connectivity index (χ3v) is 4.46. The average Bonchev–Trinajstić information content (AvgIpc) is 2.74. The Labute approximate surface area is 181 Å². The van der Waals surface area contributed by atoms with Gasteiger partial charge >= 0.3 is 12.2 Å². The highest BCUT2D eigenvalue weighted by molar-refractivity contribution is 6.07. The number of hydrogen-bond acceptors (Lipinski definition) is 6. The zero-order valence-corrected chi connectivity index (χ0v) is 16.9. The summed E-state index contributed by atoms with van der Waals surface area (Å²) in [6.45, 7) is 0. The van der Waals surface area contributed by atoms with Crippen LogP contribution in [0.3, 0.4) is 0 Å². The minimum atomic E-state index is -4.50. The topological polar surface area (TPSA) is 129 Å². The first-order chi connectivity index (χ1) is 15.2. The van der Waals surface area contributed by atoms with Crippen molar-refractivity contribution in [3.05, 3.63) is 71.5 Å². The molecule has 1 heterocycles. The Morgan fingerprint density at radius 1 is 1.06 bits per heavy atom. The number of aromatic nitrogens is 2. The Bertz CT molecular complexity index is 1130. The first kappa shape index (κ1) is 22.5. The lowest BCUT2D eigenvalue weighted by atomic mass is 10.0. The molecule has 1 aromatic heterocycles. The van der Waals surface area contributed by atoms with Gasteiger partial charge in [-0.25, -0.2) is 14.8 Å². The van der Waals surface area contributed by atoms with Crippen molar-refractivity contribution in [2.45, 2.75) is 12.6 Å².